The number of quaternary nitrogens is 1. The zero-order valence-electron chi connectivity index (χ0n) is 9.93. The first-order chi connectivity index (χ1) is 7.80. The third-order valence-electron chi connectivity index (χ3n) is 3.17. The molecule has 1 rings (SSSR count). The van der Waals surface area contributed by atoms with Crippen LogP contribution in [-0.2, 0) is 9.53 Å². The number of esters is 1. The third kappa shape index (κ3) is 4.53. The highest BCUT2D eigenvalue weighted by molar-refractivity contribution is 5.73. The minimum atomic E-state index is -4.08. The molecule has 0 unspecified atom stereocenters. The predicted octanol–water partition coefficient (Wildman–Crippen LogP) is 1.53. The standard InChI is InChI=1S/C11H18F3NO2/c1-7(15)10(16)17-6-8-2-4-9(5-3-8)11(12,13)14/h7-9H,2-6,15H2,1H3/p+1/t7-,8?,9?/m0/s1. The first kappa shape index (κ1) is 14.3. The van der Waals surface area contributed by atoms with Crippen LogP contribution < -0.4 is 5.73 Å². The Morgan fingerprint density at radius 2 is 1.88 bits per heavy atom. The molecule has 0 bridgehead atoms. The molecule has 1 aliphatic carbocycles. The van der Waals surface area contributed by atoms with Crippen LogP contribution in [0.15, 0.2) is 0 Å². The molecule has 1 saturated carbocycles. The predicted molar refractivity (Wildman–Crippen MR) is 54.8 cm³/mol. The van der Waals surface area contributed by atoms with Crippen LogP contribution in [0.2, 0.25) is 0 Å². The average molecular weight is 254 g/mol. The van der Waals surface area contributed by atoms with Crippen molar-refractivity contribution in [3.05, 3.63) is 0 Å². The van der Waals surface area contributed by atoms with Crippen LogP contribution in [0, 0.1) is 11.8 Å². The van der Waals surface area contributed by atoms with E-state index in [2.05, 4.69) is 5.73 Å². The van der Waals surface area contributed by atoms with E-state index in [0.717, 1.165) is 0 Å². The maximum absolute atomic E-state index is 12.4. The summed E-state index contributed by atoms with van der Waals surface area (Å²) in [5, 5.41) is 0. The molecule has 3 nitrogen and oxygen atoms in total. The minimum absolute atomic E-state index is 0.0660. The zero-order chi connectivity index (χ0) is 13.1. The number of alkyl halides is 3. The molecular formula is C11H19F3NO2+. The Morgan fingerprint density at radius 3 is 2.29 bits per heavy atom. The van der Waals surface area contributed by atoms with Crippen molar-refractivity contribution in [1.29, 1.82) is 0 Å². The van der Waals surface area contributed by atoms with Gasteiger partial charge in [-0.1, -0.05) is 0 Å². The lowest BCUT2D eigenvalue weighted by atomic mass is 9.82. The van der Waals surface area contributed by atoms with Gasteiger partial charge in [-0.3, -0.25) is 0 Å². The summed E-state index contributed by atoms with van der Waals surface area (Å²) in [7, 11) is 0. The van der Waals surface area contributed by atoms with Gasteiger partial charge in [0.15, 0.2) is 6.04 Å². The summed E-state index contributed by atoms with van der Waals surface area (Å²) in [6.07, 6.45) is -2.84. The summed E-state index contributed by atoms with van der Waals surface area (Å²) >= 11 is 0. The van der Waals surface area contributed by atoms with Crippen LogP contribution in [0.3, 0.4) is 0 Å². The lowest BCUT2D eigenvalue weighted by Crippen LogP contribution is -2.63. The van der Waals surface area contributed by atoms with Gasteiger partial charge < -0.3 is 10.5 Å². The molecule has 17 heavy (non-hydrogen) atoms. The maximum atomic E-state index is 12.4. The molecule has 1 aliphatic rings. The van der Waals surface area contributed by atoms with E-state index in [1.807, 2.05) is 0 Å². The second-order valence-electron chi connectivity index (χ2n) is 4.79. The quantitative estimate of drug-likeness (QED) is 0.776. The molecule has 0 aromatic heterocycles. The van der Waals surface area contributed by atoms with Crippen LogP contribution in [0.1, 0.15) is 32.6 Å². The molecule has 1 fully saturated rings. The highest BCUT2D eigenvalue weighted by atomic mass is 19.4. The lowest BCUT2D eigenvalue weighted by molar-refractivity contribution is -0.403. The van der Waals surface area contributed by atoms with E-state index in [-0.39, 0.29) is 31.3 Å². The highest BCUT2D eigenvalue weighted by Gasteiger charge is 2.41. The fourth-order valence-corrected chi connectivity index (χ4v) is 2.00. The van der Waals surface area contributed by atoms with E-state index >= 15 is 0 Å². The van der Waals surface area contributed by atoms with Crippen LogP contribution in [0.5, 0.6) is 0 Å². The lowest BCUT2D eigenvalue weighted by Gasteiger charge is -2.29. The second-order valence-corrected chi connectivity index (χ2v) is 4.79. The van der Waals surface area contributed by atoms with Crippen LogP contribution >= 0.6 is 0 Å². The summed E-state index contributed by atoms with van der Waals surface area (Å²) in [6.45, 7) is 1.85. The topological polar surface area (TPSA) is 53.9 Å². The van der Waals surface area contributed by atoms with Crippen LogP contribution in [-0.4, -0.2) is 24.8 Å². The molecule has 0 radical (unpaired) electrons. The zero-order valence-corrected chi connectivity index (χ0v) is 9.93. The third-order valence-corrected chi connectivity index (χ3v) is 3.17. The van der Waals surface area contributed by atoms with Crippen molar-refractivity contribution in [3.63, 3.8) is 0 Å². The van der Waals surface area contributed by atoms with Crippen LogP contribution in [0.4, 0.5) is 13.2 Å². The summed E-state index contributed by atoms with van der Waals surface area (Å²) < 4.78 is 42.2. The van der Waals surface area contributed by atoms with Gasteiger partial charge in [0.1, 0.15) is 0 Å². The smallest absolute Gasteiger partial charge is 0.391 e. The molecule has 3 N–H and O–H groups in total. The van der Waals surface area contributed by atoms with Gasteiger partial charge in [0.25, 0.3) is 0 Å². The van der Waals surface area contributed by atoms with E-state index in [0.29, 0.717) is 12.8 Å². The molecule has 0 saturated heterocycles. The van der Waals surface area contributed by atoms with Gasteiger partial charge in [0.05, 0.1) is 12.5 Å². The van der Waals surface area contributed by atoms with Crippen molar-refractivity contribution in [1.82, 2.24) is 0 Å². The summed E-state index contributed by atoms with van der Waals surface area (Å²) in [6, 6.07) is -0.429. The normalized spacial score (nSPS) is 27.6. The number of hydrogen-bond donors (Lipinski definition) is 1. The maximum Gasteiger partial charge on any atom is 0.391 e. The molecule has 0 aliphatic heterocycles. The van der Waals surface area contributed by atoms with Crippen molar-refractivity contribution in [2.75, 3.05) is 6.61 Å². The fourth-order valence-electron chi connectivity index (χ4n) is 2.00. The minimum Gasteiger partial charge on any atom is -0.461 e. The molecule has 0 aromatic rings. The molecule has 6 heteroatoms. The molecule has 0 spiro atoms. The van der Waals surface area contributed by atoms with Crippen molar-refractivity contribution in [3.8, 4) is 0 Å². The van der Waals surface area contributed by atoms with E-state index in [9.17, 15) is 18.0 Å². The monoisotopic (exact) mass is 254 g/mol. The van der Waals surface area contributed by atoms with Crippen molar-refractivity contribution in [2.24, 2.45) is 11.8 Å². The number of halogens is 3. The number of carbonyl (C=O) groups excluding carboxylic acids is 1. The average Bonchev–Trinajstić information content (AvgIpc) is 2.25. The number of rotatable bonds is 3. The Hall–Kier alpha value is -0.780. The molecule has 0 aromatic carbocycles. The summed E-state index contributed by atoms with van der Waals surface area (Å²) in [5.74, 6) is -1.50. The van der Waals surface area contributed by atoms with E-state index in [4.69, 9.17) is 4.74 Å². The van der Waals surface area contributed by atoms with E-state index < -0.39 is 18.1 Å². The van der Waals surface area contributed by atoms with Crippen LogP contribution in [0.25, 0.3) is 0 Å². The van der Waals surface area contributed by atoms with Gasteiger partial charge in [-0.05, 0) is 38.5 Å². The molecule has 1 atom stereocenters. The van der Waals surface area contributed by atoms with Gasteiger partial charge >= 0.3 is 12.1 Å². The van der Waals surface area contributed by atoms with Crippen molar-refractivity contribution < 1.29 is 28.4 Å². The second kappa shape index (κ2) is 5.71. The number of ether oxygens (including phenoxy) is 1. The first-order valence-electron chi connectivity index (χ1n) is 5.87. The number of hydrogen-bond acceptors (Lipinski definition) is 2. The fraction of sp³-hybridized carbons (Fsp3) is 0.909. The Bertz CT molecular complexity index is 258. The molecular weight excluding hydrogens is 235 g/mol. The van der Waals surface area contributed by atoms with Crippen molar-refractivity contribution in [2.45, 2.75) is 44.8 Å². The summed E-state index contributed by atoms with van der Waals surface area (Å²) in [4.78, 5) is 11.1. The van der Waals surface area contributed by atoms with Gasteiger partial charge in [-0.2, -0.15) is 13.2 Å². The Balaban J connectivity index is 2.26. The SMILES string of the molecule is C[C@H]([NH3+])C(=O)OCC1CCC(C(F)(F)F)CC1. The molecule has 0 heterocycles. The summed E-state index contributed by atoms with van der Waals surface area (Å²) in [5.41, 5.74) is 3.52. The van der Waals surface area contributed by atoms with Gasteiger partial charge in [0.2, 0.25) is 0 Å². The van der Waals surface area contributed by atoms with Crippen molar-refractivity contribution >= 4 is 5.97 Å². The molecule has 100 valence electrons. The Labute approximate surface area is 98.5 Å². The highest BCUT2D eigenvalue weighted by Crippen LogP contribution is 2.39. The first-order valence-corrected chi connectivity index (χ1v) is 5.87. The molecule has 0 amide bonds. The Kier molecular flexibility index (Phi) is 4.80. The van der Waals surface area contributed by atoms with Gasteiger partial charge in [0, 0.05) is 0 Å². The Morgan fingerprint density at radius 1 is 1.35 bits per heavy atom. The van der Waals surface area contributed by atoms with E-state index in [1.165, 1.54) is 0 Å². The largest absolute Gasteiger partial charge is 0.461 e. The number of carbonyl (C=O) groups is 1. The van der Waals surface area contributed by atoms with Gasteiger partial charge in [-0.25, -0.2) is 4.79 Å². The van der Waals surface area contributed by atoms with E-state index in [1.54, 1.807) is 6.92 Å². The van der Waals surface area contributed by atoms with Gasteiger partial charge in [-0.15, -0.1) is 0 Å².